The number of hydrogen-bond acceptors (Lipinski definition) is 3. The summed E-state index contributed by atoms with van der Waals surface area (Å²) in [6.45, 7) is 1.96. The van der Waals surface area contributed by atoms with Gasteiger partial charge in [0.2, 0.25) is 5.91 Å². The molecule has 0 saturated heterocycles. The summed E-state index contributed by atoms with van der Waals surface area (Å²) in [7, 11) is 0. The van der Waals surface area contributed by atoms with Gasteiger partial charge in [0.1, 0.15) is 5.15 Å². The van der Waals surface area contributed by atoms with Gasteiger partial charge >= 0.3 is 0 Å². The number of nitrogens with one attached hydrogen (secondary N) is 1. The number of carbonyl (C=O) groups excluding carboxylic acids is 2. The molecule has 0 spiro atoms. The summed E-state index contributed by atoms with van der Waals surface area (Å²) < 4.78 is 0. The highest BCUT2D eigenvalue weighted by molar-refractivity contribution is 6.29. The molecule has 4 nitrogen and oxygen atoms in total. The SMILES string of the molecule is Cc1ccc(C(=O)CCC(=O)Nc2ccnc(Cl)c2)cc1. The first-order valence-electron chi connectivity index (χ1n) is 6.56. The van der Waals surface area contributed by atoms with Crippen LogP contribution in [0.2, 0.25) is 5.15 Å². The van der Waals surface area contributed by atoms with Crippen molar-refractivity contribution in [2.75, 3.05) is 5.32 Å². The van der Waals surface area contributed by atoms with Crippen molar-refractivity contribution >= 4 is 29.0 Å². The average molecular weight is 303 g/mol. The van der Waals surface area contributed by atoms with Crippen LogP contribution in [-0.2, 0) is 4.79 Å². The molecule has 0 aliphatic heterocycles. The van der Waals surface area contributed by atoms with Crippen molar-refractivity contribution in [2.45, 2.75) is 19.8 Å². The number of pyridine rings is 1. The fourth-order valence-corrected chi connectivity index (χ4v) is 1.99. The Bertz CT molecular complexity index is 654. The normalized spacial score (nSPS) is 10.2. The van der Waals surface area contributed by atoms with Crippen LogP contribution in [0, 0.1) is 6.92 Å². The highest BCUT2D eigenvalue weighted by atomic mass is 35.5. The van der Waals surface area contributed by atoms with E-state index in [0.29, 0.717) is 16.4 Å². The van der Waals surface area contributed by atoms with Gasteiger partial charge in [0.15, 0.2) is 5.78 Å². The minimum atomic E-state index is -0.224. The van der Waals surface area contributed by atoms with Gasteiger partial charge in [0, 0.05) is 30.3 Å². The number of benzene rings is 1. The lowest BCUT2D eigenvalue weighted by molar-refractivity contribution is -0.116. The van der Waals surface area contributed by atoms with Crippen LogP contribution in [0.15, 0.2) is 42.6 Å². The van der Waals surface area contributed by atoms with Gasteiger partial charge in [-0.15, -0.1) is 0 Å². The first kappa shape index (κ1) is 15.2. The van der Waals surface area contributed by atoms with Crippen LogP contribution in [0.1, 0.15) is 28.8 Å². The maximum Gasteiger partial charge on any atom is 0.224 e. The Labute approximate surface area is 128 Å². The largest absolute Gasteiger partial charge is 0.326 e. The van der Waals surface area contributed by atoms with Crippen molar-refractivity contribution < 1.29 is 9.59 Å². The Morgan fingerprint density at radius 1 is 1.14 bits per heavy atom. The molecule has 21 heavy (non-hydrogen) atoms. The molecule has 0 aliphatic rings. The Kier molecular flexibility index (Phi) is 5.06. The van der Waals surface area contributed by atoms with Gasteiger partial charge in [0.05, 0.1) is 0 Å². The first-order valence-corrected chi connectivity index (χ1v) is 6.93. The third-order valence-electron chi connectivity index (χ3n) is 2.96. The van der Waals surface area contributed by atoms with Crippen LogP contribution in [0.4, 0.5) is 5.69 Å². The quantitative estimate of drug-likeness (QED) is 0.677. The minimum absolute atomic E-state index is 0.0436. The van der Waals surface area contributed by atoms with Crippen molar-refractivity contribution in [3.8, 4) is 0 Å². The number of aryl methyl sites for hydroxylation is 1. The smallest absolute Gasteiger partial charge is 0.224 e. The molecule has 5 heteroatoms. The summed E-state index contributed by atoms with van der Waals surface area (Å²) in [5.41, 5.74) is 2.29. The fourth-order valence-electron chi connectivity index (χ4n) is 1.81. The van der Waals surface area contributed by atoms with Gasteiger partial charge in [-0.2, -0.15) is 0 Å². The van der Waals surface area contributed by atoms with E-state index in [1.54, 1.807) is 24.3 Å². The third-order valence-corrected chi connectivity index (χ3v) is 3.17. The predicted octanol–water partition coefficient (Wildman–Crippen LogP) is 3.65. The molecule has 1 aromatic heterocycles. The van der Waals surface area contributed by atoms with Crippen molar-refractivity contribution in [1.82, 2.24) is 4.98 Å². The van der Waals surface area contributed by atoms with E-state index in [1.807, 2.05) is 19.1 Å². The number of halogens is 1. The Morgan fingerprint density at radius 2 is 1.86 bits per heavy atom. The van der Waals surface area contributed by atoms with Crippen molar-refractivity contribution in [3.63, 3.8) is 0 Å². The molecule has 0 fully saturated rings. The first-order chi connectivity index (χ1) is 10.0. The maximum absolute atomic E-state index is 12.0. The Hall–Kier alpha value is -2.20. The summed E-state index contributed by atoms with van der Waals surface area (Å²) in [5, 5.41) is 2.99. The van der Waals surface area contributed by atoms with Crippen LogP contribution < -0.4 is 5.32 Å². The van der Waals surface area contributed by atoms with Gasteiger partial charge in [-0.05, 0) is 19.1 Å². The van der Waals surface area contributed by atoms with Gasteiger partial charge in [-0.25, -0.2) is 4.98 Å². The molecule has 0 unspecified atom stereocenters. The molecule has 1 amide bonds. The van der Waals surface area contributed by atoms with Gasteiger partial charge in [0.25, 0.3) is 0 Å². The molecule has 0 atom stereocenters. The molecule has 0 bridgehead atoms. The Balaban J connectivity index is 1.86. The number of Topliss-reactive ketones (excluding diaryl/α,β-unsaturated/α-hetero) is 1. The van der Waals surface area contributed by atoms with E-state index in [9.17, 15) is 9.59 Å². The number of nitrogens with zero attached hydrogens (tertiary/aromatic N) is 1. The van der Waals surface area contributed by atoms with Crippen molar-refractivity contribution in [2.24, 2.45) is 0 Å². The summed E-state index contributed by atoms with van der Waals surface area (Å²) in [4.78, 5) is 27.6. The lowest BCUT2D eigenvalue weighted by Crippen LogP contribution is -2.13. The van der Waals surface area contributed by atoms with Crippen LogP contribution in [0.3, 0.4) is 0 Å². The molecule has 1 N–H and O–H groups in total. The van der Waals surface area contributed by atoms with Gasteiger partial charge < -0.3 is 5.32 Å². The van der Waals surface area contributed by atoms with Crippen molar-refractivity contribution in [3.05, 3.63) is 58.9 Å². The van der Waals surface area contributed by atoms with E-state index in [1.165, 1.54) is 6.20 Å². The molecule has 0 radical (unpaired) electrons. The zero-order chi connectivity index (χ0) is 15.2. The Morgan fingerprint density at radius 3 is 2.52 bits per heavy atom. The molecular weight excluding hydrogens is 288 g/mol. The monoisotopic (exact) mass is 302 g/mol. The van der Waals surface area contributed by atoms with Crippen LogP contribution in [0.5, 0.6) is 0 Å². The van der Waals surface area contributed by atoms with E-state index in [0.717, 1.165) is 5.56 Å². The van der Waals surface area contributed by atoms with Crippen molar-refractivity contribution in [1.29, 1.82) is 0 Å². The van der Waals surface area contributed by atoms with E-state index in [-0.39, 0.29) is 24.5 Å². The second-order valence-corrected chi connectivity index (χ2v) is 5.09. The zero-order valence-electron chi connectivity index (χ0n) is 11.6. The third kappa shape index (κ3) is 4.68. The fraction of sp³-hybridized carbons (Fsp3) is 0.188. The maximum atomic E-state index is 12.0. The number of hydrogen-bond donors (Lipinski definition) is 1. The highest BCUT2D eigenvalue weighted by Gasteiger charge is 2.09. The van der Waals surface area contributed by atoms with Gasteiger partial charge in [-0.1, -0.05) is 41.4 Å². The summed E-state index contributed by atoms with van der Waals surface area (Å²) in [5.74, 6) is -0.268. The highest BCUT2D eigenvalue weighted by Crippen LogP contribution is 2.13. The standard InChI is InChI=1S/C16H15ClN2O2/c1-11-2-4-12(5-3-11)14(20)6-7-16(21)19-13-8-9-18-15(17)10-13/h2-5,8-10H,6-7H2,1H3,(H,18,19,21). The topological polar surface area (TPSA) is 59.1 Å². The number of anilines is 1. The van der Waals surface area contributed by atoms with Crippen LogP contribution in [0.25, 0.3) is 0 Å². The average Bonchev–Trinajstić information content (AvgIpc) is 2.45. The molecule has 108 valence electrons. The number of carbonyl (C=O) groups is 2. The number of aromatic nitrogens is 1. The molecule has 0 aliphatic carbocycles. The van der Waals surface area contributed by atoms with Gasteiger partial charge in [-0.3, -0.25) is 9.59 Å². The van der Waals surface area contributed by atoms with E-state index in [2.05, 4.69) is 10.3 Å². The summed E-state index contributed by atoms with van der Waals surface area (Å²) >= 11 is 5.73. The minimum Gasteiger partial charge on any atom is -0.326 e. The molecule has 2 rings (SSSR count). The summed E-state index contributed by atoms with van der Waals surface area (Å²) in [6, 6.07) is 10.5. The number of rotatable bonds is 5. The molecular formula is C16H15ClN2O2. The second kappa shape index (κ2) is 6.99. The van der Waals surface area contributed by atoms with Crippen LogP contribution in [-0.4, -0.2) is 16.7 Å². The molecule has 2 aromatic rings. The van der Waals surface area contributed by atoms with Crippen LogP contribution >= 0.6 is 11.6 Å². The van der Waals surface area contributed by atoms with E-state index < -0.39 is 0 Å². The second-order valence-electron chi connectivity index (χ2n) is 4.70. The molecule has 0 saturated carbocycles. The number of ketones is 1. The zero-order valence-corrected chi connectivity index (χ0v) is 12.4. The lowest BCUT2D eigenvalue weighted by atomic mass is 10.0. The molecule has 1 heterocycles. The van der Waals surface area contributed by atoms with E-state index in [4.69, 9.17) is 11.6 Å². The lowest BCUT2D eigenvalue weighted by Gasteiger charge is -2.05. The molecule has 1 aromatic carbocycles. The predicted molar refractivity (Wildman–Crippen MR) is 82.6 cm³/mol. The van der Waals surface area contributed by atoms with E-state index >= 15 is 0 Å². The summed E-state index contributed by atoms with van der Waals surface area (Å²) in [6.07, 6.45) is 1.82. The number of amides is 1.